The highest BCUT2D eigenvalue weighted by atomic mass is 16.5. The Labute approximate surface area is 196 Å². The standard InChI is InChI=1S/C26H34N4O3/c1-4-32-24-11-9-23(10-12-24)18-30(15-6-14-29-16-13-27-20-29)26(31)28-22(3)19-33-25-8-5-7-21(2)17-25/h5,7-13,16-17,20,22H,4,6,14-15,18-19H2,1-3H3,(H,28,31). The summed E-state index contributed by atoms with van der Waals surface area (Å²) < 4.78 is 13.4. The Kier molecular flexibility index (Phi) is 9.18. The van der Waals surface area contributed by atoms with Gasteiger partial charge in [0.25, 0.3) is 0 Å². The average molecular weight is 451 g/mol. The molecule has 0 bridgehead atoms. The second-order valence-electron chi connectivity index (χ2n) is 8.13. The van der Waals surface area contributed by atoms with E-state index >= 15 is 0 Å². The molecule has 2 aromatic carbocycles. The molecule has 33 heavy (non-hydrogen) atoms. The van der Waals surface area contributed by atoms with E-state index < -0.39 is 0 Å². The van der Waals surface area contributed by atoms with Gasteiger partial charge in [-0.25, -0.2) is 9.78 Å². The number of urea groups is 1. The Morgan fingerprint density at radius 1 is 1.15 bits per heavy atom. The molecule has 176 valence electrons. The van der Waals surface area contributed by atoms with Gasteiger partial charge in [-0.3, -0.25) is 0 Å². The van der Waals surface area contributed by atoms with E-state index in [1.165, 1.54) is 0 Å². The number of nitrogens with one attached hydrogen (secondary N) is 1. The third-order valence-corrected chi connectivity index (χ3v) is 5.16. The Morgan fingerprint density at radius 3 is 2.67 bits per heavy atom. The van der Waals surface area contributed by atoms with Gasteiger partial charge < -0.3 is 24.3 Å². The number of imidazole rings is 1. The first-order chi connectivity index (χ1) is 16.0. The summed E-state index contributed by atoms with van der Waals surface area (Å²) in [6.45, 7) is 8.93. The lowest BCUT2D eigenvalue weighted by Gasteiger charge is -2.26. The Bertz CT molecular complexity index is 973. The molecule has 0 aliphatic carbocycles. The van der Waals surface area contributed by atoms with Crippen molar-refractivity contribution < 1.29 is 14.3 Å². The van der Waals surface area contributed by atoms with Gasteiger partial charge in [-0.15, -0.1) is 0 Å². The molecule has 0 aliphatic heterocycles. The average Bonchev–Trinajstić information content (AvgIpc) is 3.32. The minimum atomic E-state index is -0.130. The molecule has 1 N–H and O–H groups in total. The molecule has 1 unspecified atom stereocenters. The van der Waals surface area contributed by atoms with Gasteiger partial charge >= 0.3 is 6.03 Å². The van der Waals surface area contributed by atoms with Crippen molar-refractivity contribution in [2.75, 3.05) is 19.8 Å². The van der Waals surface area contributed by atoms with E-state index in [-0.39, 0.29) is 12.1 Å². The SMILES string of the molecule is CCOc1ccc(CN(CCCn2ccnc2)C(=O)NC(C)COc2cccc(C)c2)cc1. The van der Waals surface area contributed by atoms with E-state index in [0.717, 1.165) is 35.6 Å². The first-order valence-electron chi connectivity index (χ1n) is 11.5. The summed E-state index contributed by atoms with van der Waals surface area (Å²) >= 11 is 0. The highest BCUT2D eigenvalue weighted by Crippen LogP contribution is 2.15. The van der Waals surface area contributed by atoms with Crippen molar-refractivity contribution in [1.29, 1.82) is 0 Å². The molecule has 2 amide bonds. The van der Waals surface area contributed by atoms with Gasteiger partial charge in [0.2, 0.25) is 0 Å². The smallest absolute Gasteiger partial charge is 0.318 e. The highest BCUT2D eigenvalue weighted by molar-refractivity contribution is 5.74. The number of ether oxygens (including phenoxy) is 2. The molecule has 0 saturated heterocycles. The summed E-state index contributed by atoms with van der Waals surface area (Å²) in [4.78, 5) is 19.0. The van der Waals surface area contributed by atoms with Crippen molar-refractivity contribution in [2.45, 2.75) is 46.3 Å². The first kappa shape index (κ1) is 24.2. The van der Waals surface area contributed by atoms with E-state index in [1.807, 2.05) is 85.0 Å². The number of aryl methyl sites for hydroxylation is 2. The molecular formula is C26H34N4O3. The molecule has 1 aromatic heterocycles. The van der Waals surface area contributed by atoms with Crippen molar-refractivity contribution in [1.82, 2.24) is 19.8 Å². The van der Waals surface area contributed by atoms with Crippen LogP contribution in [-0.2, 0) is 13.1 Å². The van der Waals surface area contributed by atoms with E-state index in [2.05, 4.69) is 10.3 Å². The molecule has 0 aliphatic rings. The van der Waals surface area contributed by atoms with Crippen molar-refractivity contribution in [2.24, 2.45) is 0 Å². The lowest BCUT2D eigenvalue weighted by atomic mass is 10.2. The molecule has 1 atom stereocenters. The number of rotatable bonds is 12. The van der Waals surface area contributed by atoms with Crippen LogP contribution in [0.5, 0.6) is 11.5 Å². The number of carbonyl (C=O) groups excluding carboxylic acids is 1. The zero-order valence-electron chi connectivity index (χ0n) is 19.7. The molecule has 1 heterocycles. The van der Waals surface area contributed by atoms with Crippen LogP contribution < -0.4 is 14.8 Å². The molecule has 7 heteroatoms. The predicted octanol–water partition coefficient (Wildman–Crippen LogP) is 4.66. The van der Waals surface area contributed by atoms with Crippen molar-refractivity contribution in [3.05, 3.63) is 78.4 Å². The van der Waals surface area contributed by atoms with Gasteiger partial charge in [-0.2, -0.15) is 0 Å². The van der Waals surface area contributed by atoms with Gasteiger partial charge in [0.05, 0.1) is 19.0 Å². The quantitative estimate of drug-likeness (QED) is 0.436. The van der Waals surface area contributed by atoms with Gasteiger partial charge in [0, 0.05) is 32.0 Å². The summed E-state index contributed by atoms with van der Waals surface area (Å²) in [5, 5.41) is 3.08. The normalized spacial score (nSPS) is 11.6. The lowest BCUT2D eigenvalue weighted by Crippen LogP contribution is -2.46. The fourth-order valence-electron chi connectivity index (χ4n) is 3.46. The van der Waals surface area contributed by atoms with Crippen LogP contribution in [0, 0.1) is 6.92 Å². The summed E-state index contributed by atoms with van der Waals surface area (Å²) in [7, 11) is 0. The van der Waals surface area contributed by atoms with Crippen LogP contribution in [0.1, 0.15) is 31.4 Å². The number of carbonyl (C=O) groups is 1. The maximum absolute atomic E-state index is 13.1. The maximum atomic E-state index is 13.1. The van der Waals surface area contributed by atoms with Gasteiger partial charge in [-0.1, -0.05) is 24.3 Å². The number of benzene rings is 2. The lowest BCUT2D eigenvalue weighted by molar-refractivity contribution is 0.183. The van der Waals surface area contributed by atoms with Gasteiger partial charge in [0.1, 0.15) is 18.1 Å². The number of hydrogen-bond acceptors (Lipinski definition) is 4. The second-order valence-corrected chi connectivity index (χ2v) is 8.13. The molecule has 7 nitrogen and oxygen atoms in total. The molecular weight excluding hydrogens is 416 g/mol. The number of hydrogen-bond donors (Lipinski definition) is 1. The zero-order valence-corrected chi connectivity index (χ0v) is 19.7. The van der Waals surface area contributed by atoms with Crippen LogP contribution in [0.3, 0.4) is 0 Å². The largest absolute Gasteiger partial charge is 0.494 e. The third-order valence-electron chi connectivity index (χ3n) is 5.16. The minimum absolute atomic E-state index is 0.102. The summed E-state index contributed by atoms with van der Waals surface area (Å²) in [5.74, 6) is 1.64. The Balaban J connectivity index is 1.57. The molecule has 3 rings (SSSR count). The van der Waals surface area contributed by atoms with Crippen LogP contribution in [0.15, 0.2) is 67.3 Å². The fraction of sp³-hybridized carbons (Fsp3) is 0.385. The number of amides is 2. The summed E-state index contributed by atoms with van der Waals surface area (Å²) in [5.41, 5.74) is 2.20. The minimum Gasteiger partial charge on any atom is -0.494 e. The van der Waals surface area contributed by atoms with Gasteiger partial charge in [-0.05, 0) is 62.6 Å². The van der Waals surface area contributed by atoms with Crippen molar-refractivity contribution in [3.63, 3.8) is 0 Å². The Hall–Kier alpha value is -3.48. The first-order valence-corrected chi connectivity index (χ1v) is 11.5. The Morgan fingerprint density at radius 2 is 1.97 bits per heavy atom. The van der Waals surface area contributed by atoms with Gasteiger partial charge in [0.15, 0.2) is 0 Å². The molecule has 0 radical (unpaired) electrons. The zero-order chi connectivity index (χ0) is 23.5. The van der Waals surface area contributed by atoms with E-state index in [9.17, 15) is 4.79 Å². The summed E-state index contributed by atoms with van der Waals surface area (Å²) in [6.07, 6.45) is 6.32. The van der Waals surface area contributed by atoms with Crippen molar-refractivity contribution in [3.8, 4) is 11.5 Å². The second kappa shape index (κ2) is 12.5. The maximum Gasteiger partial charge on any atom is 0.318 e. The van der Waals surface area contributed by atoms with Crippen LogP contribution in [0.2, 0.25) is 0 Å². The number of aromatic nitrogens is 2. The predicted molar refractivity (Wildman–Crippen MR) is 130 cm³/mol. The molecule has 0 fully saturated rings. The highest BCUT2D eigenvalue weighted by Gasteiger charge is 2.17. The van der Waals surface area contributed by atoms with Crippen molar-refractivity contribution >= 4 is 6.03 Å². The monoisotopic (exact) mass is 450 g/mol. The van der Waals surface area contributed by atoms with E-state index in [4.69, 9.17) is 9.47 Å². The van der Waals surface area contributed by atoms with E-state index in [1.54, 1.807) is 12.5 Å². The van der Waals surface area contributed by atoms with Crippen LogP contribution in [-0.4, -0.2) is 46.3 Å². The topological polar surface area (TPSA) is 68.6 Å². The molecule has 0 saturated carbocycles. The van der Waals surface area contributed by atoms with E-state index in [0.29, 0.717) is 26.3 Å². The summed E-state index contributed by atoms with van der Waals surface area (Å²) in [6, 6.07) is 15.6. The fourth-order valence-corrected chi connectivity index (χ4v) is 3.46. The number of nitrogens with zero attached hydrogens (tertiary/aromatic N) is 3. The third kappa shape index (κ3) is 8.18. The molecule has 0 spiro atoms. The van der Waals surface area contributed by atoms with Crippen LogP contribution in [0.25, 0.3) is 0 Å². The van der Waals surface area contributed by atoms with Crippen LogP contribution >= 0.6 is 0 Å². The van der Waals surface area contributed by atoms with Crippen LogP contribution in [0.4, 0.5) is 4.79 Å². The molecule has 3 aromatic rings.